The van der Waals surface area contributed by atoms with Crippen molar-refractivity contribution >= 4 is 0 Å². The van der Waals surface area contributed by atoms with Gasteiger partial charge in [0, 0.05) is 11.6 Å². The summed E-state index contributed by atoms with van der Waals surface area (Å²) in [6, 6.07) is 8.71. The number of ether oxygens (including phenoxy) is 1. The lowest BCUT2D eigenvalue weighted by Crippen LogP contribution is -2.13. The smallest absolute Gasteiger partial charge is 0.136 e. The molecule has 1 fully saturated rings. The van der Waals surface area contributed by atoms with Gasteiger partial charge in [0.15, 0.2) is 0 Å². The molecule has 0 aliphatic heterocycles. The van der Waals surface area contributed by atoms with Gasteiger partial charge in [0.05, 0.1) is 18.0 Å². The quantitative estimate of drug-likeness (QED) is 0.701. The van der Waals surface area contributed by atoms with Crippen molar-refractivity contribution in [3.63, 3.8) is 0 Å². The molecule has 25 heavy (non-hydrogen) atoms. The van der Waals surface area contributed by atoms with Crippen LogP contribution in [0.3, 0.4) is 0 Å². The normalized spacial score (nSPS) is 20.4. The van der Waals surface area contributed by atoms with Crippen LogP contribution in [0.4, 0.5) is 4.39 Å². The van der Waals surface area contributed by atoms with Gasteiger partial charge in [-0.05, 0) is 55.9 Å². The third-order valence-electron chi connectivity index (χ3n) is 5.19. The third-order valence-corrected chi connectivity index (χ3v) is 5.19. The monoisotopic (exact) mass is 342 g/mol. The summed E-state index contributed by atoms with van der Waals surface area (Å²) < 4.78 is 19.6. The molecule has 0 bridgehead atoms. The number of benzene rings is 1. The number of rotatable bonds is 6. The van der Waals surface area contributed by atoms with E-state index in [1.807, 2.05) is 19.1 Å². The topological polar surface area (TPSA) is 35.0 Å². The zero-order valence-electron chi connectivity index (χ0n) is 15.2. The van der Waals surface area contributed by atoms with E-state index < -0.39 is 0 Å². The summed E-state index contributed by atoms with van der Waals surface area (Å²) in [4.78, 5) is 0. The van der Waals surface area contributed by atoms with Crippen molar-refractivity contribution in [3.05, 3.63) is 41.8 Å². The lowest BCUT2D eigenvalue weighted by molar-refractivity contribution is 0.277. The van der Waals surface area contributed by atoms with E-state index >= 15 is 0 Å². The molecular weight excluding hydrogens is 315 g/mol. The maximum Gasteiger partial charge on any atom is 0.136 e. The fourth-order valence-electron chi connectivity index (χ4n) is 3.57. The first-order valence-electron chi connectivity index (χ1n) is 9.41. The van der Waals surface area contributed by atoms with Crippen LogP contribution in [0.25, 0.3) is 11.3 Å². The first-order valence-corrected chi connectivity index (χ1v) is 9.41. The minimum absolute atomic E-state index is 0.329. The van der Waals surface area contributed by atoms with E-state index in [2.05, 4.69) is 17.1 Å². The highest BCUT2D eigenvalue weighted by atomic mass is 19.1. The second-order valence-corrected chi connectivity index (χ2v) is 7.15. The molecule has 0 radical (unpaired) electrons. The molecule has 0 amide bonds. The largest absolute Gasteiger partial charge is 0.494 e. The Kier molecular flexibility index (Phi) is 6.00. The van der Waals surface area contributed by atoms with Gasteiger partial charge in [0.1, 0.15) is 11.6 Å². The van der Waals surface area contributed by atoms with Crippen molar-refractivity contribution < 1.29 is 9.13 Å². The molecule has 0 N–H and O–H groups in total. The summed E-state index contributed by atoms with van der Waals surface area (Å²) in [6.07, 6.45) is 7.52. The number of halogens is 1. The summed E-state index contributed by atoms with van der Waals surface area (Å²) in [5.74, 6) is 1.92. The van der Waals surface area contributed by atoms with Crippen molar-refractivity contribution in [2.75, 3.05) is 6.61 Å². The molecule has 0 unspecified atom stereocenters. The molecule has 1 heterocycles. The summed E-state index contributed by atoms with van der Waals surface area (Å²) in [6.45, 7) is 4.75. The highest BCUT2D eigenvalue weighted by Crippen LogP contribution is 2.31. The SMILES string of the molecule is CCOc1ccc(-c2ccc(CCC3CCC(C)CC3)nn2)c(F)c1. The second-order valence-electron chi connectivity index (χ2n) is 7.15. The van der Waals surface area contributed by atoms with Gasteiger partial charge in [0.25, 0.3) is 0 Å². The minimum Gasteiger partial charge on any atom is -0.494 e. The van der Waals surface area contributed by atoms with Gasteiger partial charge in [-0.15, -0.1) is 0 Å². The molecule has 1 aliphatic carbocycles. The molecule has 0 saturated heterocycles. The van der Waals surface area contributed by atoms with Gasteiger partial charge in [-0.3, -0.25) is 0 Å². The fourth-order valence-corrected chi connectivity index (χ4v) is 3.57. The first kappa shape index (κ1) is 17.8. The van der Waals surface area contributed by atoms with Crippen LogP contribution in [-0.4, -0.2) is 16.8 Å². The molecule has 1 aromatic carbocycles. The first-order chi connectivity index (χ1) is 12.2. The Bertz CT molecular complexity index is 679. The van der Waals surface area contributed by atoms with E-state index in [0.29, 0.717) is 23.6 Å². The molecule has 134 valence electrons. The van der Waals surface area contributed by atoms with E-state index in [1.165, 1.54) is 38.2 Å². The van der Waals surface area contributed by atoms with Crippen LogP contribution in [0.1, 0.15) is 51.6 Å². The van der Waals surface area contributed by atoms with E-state index in [4.69, 9.17) is 4.74 Å². The Balaban J connectivity index is 1.60. The van der Waals surface area contributed by atoms with Crippen LogP contribution in [0.5, 0.6) is 5.75 Å². The summed E-state index contributed by atoms with van der Waals surface area (Å²) in [7, 11) is 0. The van der Waals surface area contributed by atoms with E-state index in [9.17, 15) is 4.39 Å². The Labute approximate surface area is 149 Å². The molecule has 1 aromatic heterocycles. The molecule has 4 heteroatoms. The average molecular weight is 342 g/mol. The molecule has 0 spiro atoms. The molecule has 1 saturated carbocycles. The molecule has 3 nitrogen and oxygen atoms in total. The predicted molar refractivity (Wildman–Crippen MR) is 98.0 cm³/mol. The standard InChI is InChI=1S/C21H27FN2O/c1-3-25-18-11-12-19(20(22)14-18)21-13-10-17(23-24-21)9-8-16-6-4-15(2)5-7-16/h10-16H,3-9H2,1-2H3. The van der Waals surface area contributed by atoms with Crippen LogP contribution in [-0.2, 0) is 6.42 Å². The Morgan fingerprint density at radius 1 is 1.08 bits per heavy atom. The van der Waals surface area contributed by atoms with Gasteiger partial charge in [-0.25, -0.2) is 4.39 Å². The van der Waals surface area contributed by atoms with Gasteiger partial charge in [0.2, 0.25) is 0 Å². The Hall–Kier alpha value is -1.97. The number of hydrogen-bond donors (Lipinski definition) is 0. The molecule has 2 aromatic rings. The fraction of sp³-hybridized carbons (Fsp3) is 0.524. The van der Waals surface area contributed by atoms with Crippen molar-refractivity contribution in [1.29, 1.82) is 0 Å². The van der Waals surface area contributed by atoms with Crippen molar-refractivity contribution in [2.24, 2.45) is 11.8 Å². The highest BCUT2D eigenvalue weighted by Gasteiger charge is 2.18. The van der Waals surface area contributed by atoms with Crippen molar-refractivity contribution in [2.45, 2.75) is 52.4 Å². The molecule has 3 rings (SSSR count). The van der Waals surface area contributed by atoms with Crippen molar-refractivity contribution in [3.8, 4) is 17.0 Å². The zero-order valence-corrected chi connectivity index (χ0v) is 15.2. The molecule has 0 atom stereocenters. The minimum atomic E-state index is -0.329. The maximum atomic E-state index is 14.2. The zero-order chi connectivity index (χ0) is 17.6. The Morgan fingerprint density at radius 2 is 1.88 bits per heavy atom. The predicted octanol–water partition coefficient (Wildman–Crippen LogP) is 5.44. The van der Waals surface area contributed by atoms with Gasteiger partial charge < -0.3 is 4.74 Å². The lowest BCUT2D eigenvalue weighted by atomic mass is 9.81. The van der Waals surface area contributed by atoms with E-state index in [1.54, 1.807) is 12.1 Å². The number of hydrogen-bond acceptors (Lipinski definition) is 3. The third kappa shape index (κ3) is 4.77. The summed E-state index contributed by atoms with van der Waals surface area (Å²) in [5.41, 5.74) is 2.02. The summed E-state index contributed by atoms with van der Waals surface area (Å²) >= 11 is 0. The van der Waals surface area contributed by atoms with Crippen LogP contribution in [0.2, 0.25) is 0 Å². The second kappa shape index (κ2) is 8.41. The Morgan fingerprint density at radius 3 is 2.52 bits per heavy atom. The average Bonchev–Trinajstić information content (AvgIpc) is 2.62. The van der Waals surface area contributed by atoms with Gasteiger partial charge in [-0.1, -0.05) is 32.6 Å². The van der Waals surface area contributed by atoms with Gasteiger partial charge >= 0.3 is 0 Å². The van der Waals surface area contributed by atoms with Crippen LogP contribution in [0.15, 0.2) is 30.3 Å². The van der Waals surface area contributed by atoms with Gasteiger partial charge in [-0.2, -0.15) is 10.2 Å². The highest BCUT2D eigenvalue weighted by molar-refractivity contribution is 5.60. The number of nitrogens with zero attached hydrogens (tertiary/aromatic N) is 2. The molecular formula is C21H27FN2O. The number of aryl methyl sites for hydroxylation is 1. The number of aromatic nitrogens is 2. The van der Waals surface area contributed by atoms with Crippen molar-refractivity contribution in [1.82, 2.24) is 10.2 Å². The lowest BCUT2D eigenvalue weighted by Gasteiger charge is -2.25. The van der Waals surface area contributed by atoms with E-state index in [-0.39, 0.29) is 5.82 Å². The van der Waals surface area contributed by atoms with Crippen LogP contribution in [0, 0.1) is 17.7 Å². The van der Waals surface area contributed by atoms with Crippen LogP contribution >= 0.6 is 0 Å². The van der Waals surface area contributed by atoms with Crippen LogP contribution < -0.4 is 4.74 Å². The summed E-state index contributed by atoms with van der Waals surface area (Å²) in [5, 5.41) is 8.54. The van der Waals surface area contributed by atoms with E-state index in [0.717, 1.165) is 24.0 Å². The molecule has 1 aliphatic rings. The maximum absolute atomic E-state index is 14.2.